The van der Waals surface area contributed by atoms with Gasteiger partial charge < -0.3 is 5.32 Å². The van der Waals surface area contributed by atoms with Crippen molar-refractivity contribution in [2.45, 2.75) is 25.2 Å². The number of rotatable bonds is 4. The molecule has 0 aliphatic heterocycles. The minimum Gasteiger partial charge on any atom is -0.316 e. The second-order valence-corrected chi connectivity index (χ2v) is 4.18. The van der Waals surface area contributed by atoms with E-state index in [2.05, 4.69) is 5.32 Å². The van der Waals surface area contributed by atoms with Crippen LogP contribution in [0.25, 0.3) is 0 Å². The average Bonchev–Trinajstić information content (AvgIpc) is 2.96. The smallest absolute Gasteiger partial charge is 0.129 e. The molecule has 2 rings (SSSR count). The molecule has 0 atom stereocenters. The molecule has 1 aromatic rings. The van der Waals surface area contributed by atoms with Crippen LogP contribution in [0, 0.1) is 11.6 Å². The molecule has 0 heterocycles. The molecule has 82 valence electrons. The van der Waals surface area contributed by atoms with Crippen LogP contribution in [-0.4, -0.2) is 13.1 Å². The van der Waals surface area contributed by atoms with E-state index in [0.29, 0.717) is 5.56 Å². The maximum absolute atomic E-state index is 13.5. The maximum atomic E-state index is 13.5. The van der Waals surface area contributed by atoms with Gasteiger partial charge in [-0.2, -0.15) is 0 Å². The summed E-state index contributed by atoms with van der Waals surface area (Å²) in [5.41, 5.74) is 0.582. The molecule has 1 aromatic carbocycles. The lowest BCUT2D eigenvalue weighted by Crippen LogP contribution is -2.27. The Hall–Kier alpha value is -0.960. The van der Waals surface area contributed by atoms with Crippen molar-refractivity contribution in [3.05, 3.63) is 35.4 Å². The fraction of sp³-hybridized carbons (Fsp3) is 0.500. The molecule has 0 aromatic heterocycles. The van der Waals surface area contributed by atoms with Gasteiger partial charge >= 0.3 is 0 Å². The fourth-order valence-electron chi connectivity index (χ4n) is 1.98. The lowest BCUT2D eigenvalue weighted by Gasteiger charge is -2.16. The van der Waals surface area contributed by atoms with Gasteiger partial charge in [-0.15, -0.1) is 0 Å². The Balaban J connectivity index is 2.21. The number of hydrogen-bond acceptors (Lipinski definition) is 1. The van der Waals surface area contributed by atoms with E-state index in [1.54, 1.807) is 6.07 Å². The van der Waals surface area contributed by atoms with E-state index in [4.69, 9.17) is 0 Å². The summed E-state index contributed by atoms with van der Waals surface area (Å²) in [5, 5.41) is 3.23. The van der Waals surface area contributed by atoms with Gasteiger partial charge in [0.2, 0.25) is 0 Å². The van der Waals surface area contributed by atoms with Gasteiger partial charge in [0, 0.05) is 18.0 Å². The number of halogens is 2. The quantitative estimate of drug-likeness (QED) is 0.807. The standard InChI is InChI=1S/C12H15F2N/c1-2-15-8-12(5-6-12)10-4-3-9(13)7-11(10)14/h3-4,7,15H,2,5-6,8H2,1H3. The molecule has 1 aliphatic carbocycles. The highest BCUT2D eigenvalue weighted by atomic mass is 19.1. The largest absolute Gasteiger partial charge is 0.316 e. The molecule has 1 fully saturated rings. The van der Waals surface area contributed by atoms with E-state index in [1.165, 1.54) is 6.07 Å². The molecule has 0 bridgehead atoms. The van der Waals surface area contributed by atoms with E-state index in [1.807, 2.05) is 6.92 Å². The van der Waals surface area contributed by atoms with Crippen LogP contribution < -0.4 is 5.32 Å². The molecule has 1 saturated carbocycles. The van der Waals surface area contributed by atoms with Crippen molar-refractivity contribution in [1.82, 2.24) is 5.32 Å². The third-order valence-electron chi connectivity index (χ3n) is 3.07. The minimum atomic E-state index is -0.504. The van der Waals surface area contributed by atoms with E-state index < -0.39 is 11.6 Å². The van der Waals surface area contributed by atoms with Crippen LogP contribution in [0.2, 0.25) is 0 Å². The molecule has 0 spiro atoms. The van der Waals surface area contributed by atoms with Crippen molar-refractivity contribution in [2.24, 2.45) is 0 Å². The van der Waals surface area contributed by atoms with Crippen LogP contribution in [0.5, 0.6) is 0 Å². The lowest BCUT2D eigenvalue weighted by molar-refractivity contribution is 0.526. The van der Waals surface area contributed by atoms with Crippen molar-refractivity contribution in [2.75, 3.05) is 13.1 Å². The van der Waals surface area contributed by atoms with Crippen molar-refractivity contribution >= 4 is 0 Å². The van der Waals surface area contributed by atoms with E-state index in [9.17, 15) is 8.78 Å². The van der Waals surface area contributed by atoms with Crippen LogP contribution in [0.3, 0.4) is 0 Å². The second-order valence-electron chi connectivity index (χ2n) is 4.18. The summed E-state index contributed by atoms with van der Waals surface area (Å²) in [6.45, 7) is 3.69. The van der Waals surface area contributed by atoms with E-state index in [-0.39, 0.29) is 5.41 Å². The molecule has 15 heavy (non-hydrogen) atoms. The molecule has 0 unspecified atom stereocenters. The summed E-state index contributed by atoms with van der Waals surface area (Å²) in [7, 11) is 0. The zero-order chi connectivity index (χ0) is 10.9. The summed E-state index contributed by atoms with van der Waals surface area (Å²) in [6.07, 6.45) is 1.98. The Kier molecular flexibility index (Phi) is 2.74. The normalized spacial score (nSPS) is 17.8. The molecule has 1 aliphatic rings. The maximum Gasteiger partial charge on any atom is 0.129 e. The van der Waals surface area contributed by atoms with Gasteiger partial charge in [-0.1, -0.05) is 13.0 Å². The van der Waals surface area contributed by atoms with Gasteiger partial charge in [0.25, 0.3) is 0 Å². The van der Waals surface area contributed by atoms with Crippen molar-refractivity contribution in [3.63, 3.8) is 0 Å². The first-order chi connectivity index (χ1) is 7.18. The monoisotopic (exact) mass is 211 g/mol. The third kappa shape index (κ3) is 2.02. The molecule has 0 saturated heterocycles. The Morgan fingerprint density at radius 1 is 1.33 bits per heavy atom. The zero-order valence-corrected chi connectivity index (χ0v) is 8.82. The summed E-state index contributed by atoms with van der Waals surface area (Å²) in [6, 6.07) is 3.89. The van der Waals surface area contributed by atoms with Gasteiger partial charge in [0.15, 0.2) is 0 Å². The highest BCUT2D eigenvalue weighted by molar-refractivity contribution is 5.33. The Bertz CT molecular complexity index is 359. The first-order valence-corrected chi connectivity index (χ1v) is 5.34. The van der Waals surface area contributed by atoms with Crippen LogP contribution in [-0.2, 0) is 5.41 Å². The second kappa shape index (κ2) is 3.89. The van der Waals surface area contributed by atoms with Crippen LogP contribution in [0.1, 0.15) is 25.3 Å². The number of benzene rings is 1. The Labute approximate surface area is 88.5 Å². The van der Waals surface area contributed by atoms with Gasteiger partial charge in [-0.25, -0.2) is 8.78 Å². The number of nitrogens with one attached hydrogen (secondary N) is 1. The summed E-state index contributed by atoms with van der Waals surface area (Å²) >= 11 is 0. The SMILES string of the molecule is CCNCC1(c2ccc(F)cc2F)CC1. The number of likely N-dealkylation sites (N-methyl/N-ethyl adjacent to an activating group) is 1. The highest BCUT2D eigenvalue weighted by Crippen LogP contribution is 2.48. The van der Waals surface area contributed by atoms with Crippen molar-refractivity contribution < 1.29 is 8.78 Å². The zero-order valence-electron chi connectivity index (χ0n) is 8.82. The molecule has 0 radical (unpaired) electrons. The summed E-state index contributed by atoms with van der Waals surface area (Å²) in [4.78, 5) is 0. The van der Waals surface area contributed by atoms with Gasteiger partial charge in [0.05, 0.1) is 0 Å². The van der Waals surface area contributed by atoms with Crippen molar-refractivity contribution in [3.8, 4) is 0 Å². The van der Waals surface area contributed by atoms with Gasteiger partial charge in [-0.3, -0.25) is 0 Å². The topological polar surface area (TPSA) is 12.0 Å². The summed E-state index contributed by atoms with van der Waals surface area (Å²) < 4.78 is 26.3. The molecule has 3 heteroatoms. The predicted octanol–water partition coefficient (Wildman–Crippen LogP) is 2.61. The molecule has 0 amide bonds. The molecule has 1 nitrogen and oxygen atoms in total. The minimum absolute atomic E-state index is 0.0756. The van der Waals surface area contributed by atoms with Gasteiger partial charge in [-0.05, 0) is 31.0 Å². The van der Waals surface area contributed by atoms with Crippen molar-refractivity contribution in [1.29, 1.82) is 0 Å². The molecule has 1 N–H and O–H groups in total. The first kappa shape index (κ1) is 10.6. The third-order valence-corrected chi connectivity index (χ3v) is 3.07. The predicted molar refractivity (Wildman–Crippen MR) is 55.8 cm³/mol. The average molecular weight is 211 g/mol. The van der Waals surface area contributed by atoms with Crippen LogP contribution >= 0.6 is 0 Å². The summed E-state index contributed by atoms with van der Waals surface area (Å²) in [5.74, 6) is -0.916. The van der Waals surface area contributed by atoms with Crippen LogP contribution in [0.4, 0.5) is 8.78 Å². The van der Waals surface area contributed by atoms with Gasteiger partial charge in [0.1, 0.15) is 11.6 Å². The lowest BCUT2D eigenvalue weighted by atomic mass is 9.95. The van der Waals surface area contributed by atoms with Crippen LogP contribution in [0.15, 0.2) is 18.2 Å². The Morgan fingerprint density at radius 2 is 2.07 bits per heavy atom. The van der Waals surface area contributed by atoms with E-state index >= 15 is 0 Å². The highest BCUT2D eigenvalue weighted by Gasteiger charge is 2.45. The number of hydrogen-bond donors (Lipinski definition) is 1. The molecular formula is C12H15F2N. The van der Waals surface area contributed by atoms with E-state index in [0.717, 1.165) is 32.0 Å². The Morgan fingerprint density at radius 3 is 2.60 bits per heavy atom. The first-order valence-electron chi connectivity index (χ1n) is 5.34. The molecular weight excluding hydrogens is 196 g/mol. The fourth-order valence-corrected chi connectivity index (χ4v) is 1.98.